The highest BCUT2D eigenvalue weighted by molar-refractivity contribution is 7.92. The molecule has 212 valence electrons. The van der Waals surface area contributed by atoms with Crippen LogP contribution in [0.2, 0.25) is 0 Å². The highest BCUT2D eigenvalue weighted by Gasteiger charge is 2.34. The number of hydrogen-bond donors (Lipinski definition) is 1. The van der Waals surface area contributed by atoms with Gasteiger partial charge >= 0.3 is 0 Å². The summed E-state index contributed by atoms with van der Waals surface area (Å²) in [7, 11) is -2.57. The van der Waals surface area contributed by atoms with E-state index in [0.29, 0.717) is 5.69 Å². The Morgan fingerprint density at radius 2 is 1.44 bits per heavy atom. The lowest BCUT2D eigenvalue weighted by molar-refractivity contribution is -0.139. The van der Waals surface area contributed by atoms with Crippen molar-refractivity contribution in [3.05, 3.63) is 131 Å². The summed E-state index contributed by atoms with van der Waals surface area (Å²) in [6.45, 7) is 3.48. The maximum Gasteiger partial charge on any atom is 0.264 e. The van der Waals surface area contributed by atoms with Gasteiger partial charge in [-0.05, 0) is 60.4 Å². The van der Waals surface area contributed by atoms with E-state index in [-0.39, 0.29) is 23.8 Å². The van der Waals surface area contributed by atoms with E-state index in [9.17, 15) is 18.0 Å². The van der Waals surface area contributed by atoms with Gasteiger partial charge in [-0.25, -0.2) is 8.42 Å². The Morgan fingerprint density at radius 3 is 2.07 bits per heavy atom. The fourth-order valence-electron chi connectivity index (χ4n) is 4.72. The number of aryl methyl sites for hydroxylation is 2. The van der Waals surface area contributed by atoms with Gasteiger partial charge in [-0.1, -0.05) is 84.9 Å². The summed E-state index contributed by atoms with van der Waals surface area (Å²) in [5.74, 6) is -0.817. The summed E-state index contributed by atoms with van der Waals surface area (Å²) in [6.07, 6.45) is 0.272. The van der Waals surface area contributed by atoms with Crippen molar-refractivity contribution in [2.24, 2.45) is 0 Å². The molecule has 41 heavy (non-hydrogen) atoms. The van der Waals surface area contributed by atoms with Gasteiger partial charge in [0.2, 0.25) is 11.8 Å². The van der Waals surface area contributed by atoms with Crippen LogP contribution in [0, 0.1) is 13.8 Å². The summed E-state index contributed by atoms with van der Waals surface area (Å²) >= 11 is 0. The van der Waals surface area contributed by atoms with Gasteiger partial charge in [0.15, 0.2) is 0 Å². The maximum atomic E-state index is 14.3. The van der Waals surface area contributed by atoms with Gasteiger partial charge in [0.05, 0.1) is 10.6 Å². The normalized spacial score (nSPS) is 11.9. The van der Waals surface area contributed by atoms with Crippen molar-refractivity contribution in [2.75, 3.05) is 17.9 Å². The van der Waals surface area contributed by atoms with Crippen LogP contribution in [0.3, 0.4) is 0 Å². The summed E-state index contributed by atoms with van der Waals surface area (Å²) in [5, 5.41) is 2.70. The summed E-state index contributed by atoms with van der Waals surface area (Å²) < 4.78 is 29.0. The molecule has 2 amide bonds. The van der Waals surface area contributed by atoms with Gasteiger partial charge in [-0.3, -0.25) is 13.9 Å². The minimum Gasteiger partial charge on any atom is -0.357 e. The number of anilines is 1. The monoisotopic (exact) mass is 569 g/mol. The highest BCUT2D eigenvalue weighted by Crippen LogP contribution is 2.26. The Morgan fingerprint density at radius 1 is 0.805 bits per heavy atom. The second kappa shape index (κ2) is 13.3. The molecule has 0 saturated heterocycles. The predicted octanol–water partition coefficient (Wildman–Crippen LogP) is 4.88. The summed E-state index contributed by atoms with van der Waals surface area (Å²) in [5.41, 5.74) is 3.95. The lowest BCUT2D eigenvalue weighted by Crippen LogP contribution is -2.53. The zero-order chi connectivity index (χ0) is 29.4. The van der Waals surface area contributed by atoms with Crippen molar-refractivity contribution >= 4 is 27.5 Å². The molecule has 0 heterocycles. The number of nitrogens with one attached hydrogen (secondary N) is 1. The topological polar surface area (TPSA) is 86.8 Å². The number of rotatable bonds is 11. The van der Waals surface area contributed by atoms with E-state index < -0.39 is 28.5 Å². The number of carbonyl (C=O) groups is 2. The van der Waals surface area contributed by atoms with E-state index in [1.54, 1.807) is 36.4 Å². The number of amides is 2. The third-order valence-electron chi connectivity index (χ3n) is 7.02. The zero-order valence-electron chi connectivity index (χ0n) is 23.5. The minimum atomic E-state index is -4.11. The molecule has 0 aliphatic carbocycles. The van der Waals surface area contributed by atoms with Gasteiger partial charge in [0.1, 0.15) is 12.6 Å². The van der Waals surface area contributed by atoms with E-state index in [1.807, 2.05) is 74.5 Å². The molecular weight excluding hydrogens is 534 g/mol. The number of hydrogen-bond acceptors (Lipinski definition) is 4. The fraction of sp³-hybridized carbons (Fsp3) is 0.212. The molecule has 0 aromatic heterocycles. The Labute approximate surface area is 242 Å². The molecule has 4 aromatic carbocycles. The molecule has 0 spiro atoms. The van der Waals surface area contributed by atoms with E-state index in [1.165, 1.54) is 24.1 Å². The van der Waals surface area contributed by atoms with Crippen LogP contribution in [-0.4, -0.2) is 44.8 Å². The van der Waals surface area contributed by atoms with Crippen LogP contribution < -0.4 is 9.62 Å². The van der Waals surface area contributed by atoms with E-state index in [4.69, 9.17) is 0 Å². The third kappa shape index (κ3) is 7.21. The Hall–Kier alpha value is -4.43. The third-order valence-corrected chi connectivity index (χ3v) is 8.81. The number of likely N-dealkylation sites (N-methyl/N-ethyl adjacent to an activating group) is 1. The van der Waals surface area contributed by atoms with Gasteiger partial charge in [0.25, 0.3) is 10.0 Å². The molecule has 7 nitrogen and oxygen atoms in total. The van der Waals surface area contributed by atoms with Crippen molar-refractivity contribution in [1.82, 2.24) is 10.2 Å². The molecule has 4 rings (SSSR count). The molecule has 0 aliphatic heterocycles. The largest absolute Gasteiger partial charge is 0.357 e. The molecule has 8 heteroatoms. The Kier molecular flexibility index (Phi) is 9.57. The second-order valence-electron chi connectivity index (χ2n) is 9.93. The van der Waals surface area contributed by atoms with Gasteiger partial charge in [-0.2, -0.15) is 0 Å². The first-order valence-corrected chi connectivity index (χ1v) is 14.9. The van der Waals surface area contributed by atoms with Crippen LogP contribution in [0.15, 0.2) is 114 Å². The fourth-order valence-corrected chi connectivity index (χ4v) is 6.15. The average Bonchev–Trinajstić information content (AvgIpc) is 2.99. The average molecular weight is 570 g/mol. The lowest BCUT2D eigenvalue weighted by Gasteiger charge is -2.34. The molecule has 0 unspecified atom stereocenters. The van der Waals surface area contributed by atoms with E-state index in [0.717, 1.165) is 26.6 Å². The first-order chi connectivity index (χ1) is 19.7. The maximum absolute atomic E-state index is 14.3. The van der Waals surface area contributed by atoms with Crippen molar-refractivity contribution in [3.8, 4) is 0 Å². The van der Waals surface area contributed by atoms with Crippen LogP contribution in [0.25, 0.3) is 0 Å². The molecule has 0 bridgehead atoms. The second-order valence-corrected chi connectivity index (χ2v) is 11.8. The quantitative estimate of drug-likeness (QED) is 0.279. The predicted molar refractivity (Wildman–Crippen MR) is 162 cm³/mol. The van der Waals surface area contributed by atoms with Crippen molar-refractivity contribution in [3.63, 3.8) is 0 Å². The van der Waals surface area contributed by atoms with Crippen LogP contribution in [0.5, 0.6) is 0 Å². The van der Waals surface area contributed by atoms with Crippen LogP contribution in [0.1, 0.15) is 22.3 Å². The van der Waals surface area contributed by atoms with Crippen molar-refractivity contribution in [1.29, 1.82) is 0 Å². The van der Waals surface area contributed by atoms with E-state index >= 15 is 0 Å². The molecule has 1 atom stereocenters. The summed E-state index contributed by atoms with van der Waals surface area (Å²) in [4.78, 5) is 29.2. The molecule has 4 aromatic rings. The molecular formula is C33H35N3O4S. The van der Waals surface area contributed by atoms with E-state index in [2.05, 4.69) is 5.32 Å². The van der Waals surface area contributed by atoms with Gasteiger partial charge in [-0.15, -0.1) is 0 Å². The zero-order valence-corrected chi connectivity index (χ0v) is 24.3. The number of carbonyl (C=O) groups excluding carboxylic acids is 2. The Balaban J connectivity index is 1.79. The first-order valence-electron chi connectivity index (χ1n) is 13.4. The van der Waals surface area contributed by atoms with Crippen LogP contribution in [-0.2, 0) is 32.6 Å². The van der Waals surface area contributed by atoms with Crippen molar-refractivity contribution < 1.29 is 18.0 Å². The molecule has 0 radical (unpaired) electrons. The molecule has 0 fully saturated rings. The van der Waals surface area contributed by atoms with Crippen molar-refractivity contribution in [2.45, 2.75) is 37.8 Å². The standard InChI is InChI=1S/C33H35N3O4S/c1-25-13-12-18-29(21-25)36(41(39,40)30-19-8-5-9-20-30)24-32(37)35(23-28-17-11-10-14-26(28)2)31(33(38)34-3)22-27-15-6-4-7-16-27/h4-21,31H,22-24H2,1-3H3,(H,34,38)/t31-/m0/s1. The number of sulfonamides is 1. The van der Waals surface area contributed by atoms with Crippen LogP contribution >= 0.6 is 0 Å². The Bertz CT molecular complexity index is 1590. The number of benzene rings is 4. The molecule has 0 saturated carbocycles. The first kappa shape index (κ1) is 29.6. The van der Waals surface area contributed by atoms with Gasteiger partial charge in [0, 0.05) is 20.0 Å². The summed E-state index contributed by atoms with van der Waals surface area (Å²) in [6, 6.07) is 31.4. The lowest BCUT2D eigenvalue weighted by atomic mass is 10.0. The molecule has 1 N–H and O–H groups in total. The minimum absolute atomic E-state index is 0.0758. The highest BCUT2D eigenvalue weighted by atomic mass is 32.2. The molecule has 0 aliphatic rings. The SMILES string of the molecule is CNC(=O)[C@H](Cc1ccccc1)N(Cc1ccccc1C)C(=O)CN(c1cccc(C)c1)S(=O)(=O)c1ccccc1. The van der Waals surface area contributed by atoms with Gasteiger partial charge < -0.3 is 10.2 Å². The smallest absolute Gasteiger partial charge is 0.264 e. The number of nitrogens with zero attached hydrogens (tertiary/aromatic N) is 2. The van der Waals surface area contributed by atoms with Crippen LogP contribution in [0.4, 0.5) is 5.69 Å².